The molecule has 0 saturated carbocycles. The summed E-state index contributed by atoms with van der Waals surface area (Å²) in [6, 6.07) is 8.51. The first-order valence-electron chi connectivity index (χ1n) is 4.24. The van der Waals surface area contributed by atoms with E-state index in [-0.39, 0.29) is 11.5 Å². The molecule has 0 heterocycles. The van der Waals surface area contributed by atoms with Crippen molar-refractivity contribution >= 4 is 16.5 Å². The first kappa shape index (κ1) is 8.81. The number of fused-ring (bicyclic) bond motifs is 1. The van der Waals surface area contributed by atoms with Gasteiger partial charge in [0.25, 0.3) is 0 Å². The first-order chi connectivity index (χ1) is 6.74. The molecule has 0 aliphatic carbocycles. The molecule has 2 aromatic carbocycles. The van der Waals surface area contributed by atoms with Crippen molar-refractivity contribution in [1.82, 2.24) is 0 Å². The van der Waals surface area contributed by atoms with Crippen molar-refractivity contribution in [2.45, 2.75) is 0 Å². The van der Waals surface area contributed by atoms with Gasteiger partial charge in [0.1, 0.15) is 5.75 Å². The molecule has 2 nitrogen and oxygen atoms in total. The zero-order valence-electron chi connectivity index (χ0n) is 7.75. The molecule has 0 saturated heterocycles. The van der Waals surface area contributed by atoms with Gasteiger partial charge in [-0.1, -0.05) is 12.1 Å². The molecule has 72 valence electrons. The summed E-state index contributed by atoms with van der Waals surface area (Å²) in [5.41, 5.74) is 5.62. The van der Waals surface area contributed by atoms with E-state index in [0.29, 0.717) is 11.1 Å². The Morgan fingerprint density at radius 1 is 1.14 bits per heavy atom. The Morgan fingerprint density at radius 2 is 1.93 bits per heavy atom. The molecule has 0 spiro atoms. The molecule has 0 aliphatic rings. The van der Waals surface area contributed by atoms with E-state index in [1.54, 1.807) is 37.4 Å². The van der Waals surface area contributed by atoms with Crippen LogP contribution < -0.4 is 10.5 Å². The van der Waals surface area contributed by atoms with Gasteiger partial charge >= 0.3 is 0 Å². The van der Waals surface area contributed by atoms with E-state index in [2.05, 4.69) is 0 Å². The SMILES string of the molecule is COc1cccc2c(F)c(N)ccc12. The van der Waals surface area contributed by atoms with Crippen LogP contribution in [0.15, 0.2) is 30.3 Å². The molecule has 14 heavy (non-hydrogen) atoms. The topological polar surface area (TPSA) is 35.2 Å². The zero-order chi connectivity index (χ0) is 10.1. The molecule has 0 radical (unpaired) electrons. The molecule has 2 N–H and O–H groups in total. The third-order valence-corrected chi connectivity index (χ3v) is 2.21. The van der Waals surface area contributed by atoms with Gasteiger partial charge in [-0.05, 0) is 18.2 Å². The van der Waals surface area contributed by atoms with Gasteiger partial charge in [0, 0.05) is 10.8 Å². The second-order valence-corrected chi connectivity index (χ2v) is 3.02. The van der Waals surface area contributed by atoms with Crippen molar-refractivity contribution in [3.63, 3.8) is 0 Å². The number of benzene rings is 2. The highest BCUT2D eigenvalue weighted by atomic mass is 19.1. The Bertz CT molecular complexity index is 482. The quantitative estimate of drug-likeness (QED) is 0.703. The highest BCUT2D eigenvalue weighted by Gasteiger charge is 2.07. The Kier molecular flexibility index (Phi) is 2.00. The largest absolute Gasteiger partial charge is 0.496 e. The van der Waals surface area contributed by atoms with Crippen molar-refractivity contribution in [1.29, 1.82) is 0 Å². The summed E-state index contributed by atoms with van der Waals surface area (Å²) in [6.45, 7) is 0. The maximum atomic E-state index is 13.5. The lowest BCUT2D eigenvalue weighted by Gasteiger charge is -2.06. The summed E-state index contributed by atoms with van der Waals surface area (Å²) in [4.78, 5) is 0. The van der Waals surface area contributed by atoms with Crippen LogP contribution in [-0.2, 0) is 0 Å². The average molecular weight is 191 g/mol. The zero-order valence-corrected chi connectivity index (χ0v) is 7.75. The second kappa shape index (κ2) is 3.18. The molecular formula is C11H10FNO. The predicted molar refractivity (Wildman–Crippen MR) is 54.9 cm³/mol. The monoisotopic (exact) mass is 191 g/mol. The number of methoxy groups -OCH3 is 1. The first-order valence-corrected chi connectivity index (χ1v) is 4.24. The molecule has 0 aromatic heterocycles. The number of anilines is 1. The molecule has 3 heteroatoms. The molecule has 2 aromatic rings. The van der Waals surface area contributed by atoms with Crippen LogP contribution in [0.3, 0.4) is 0 Å². The molecule has 0 unspecified atom stereocenters. The summed E-state index contributed by atoms with van der Waals surface area (Å²) in [6.07, 6.45) is 0. The van der Waals surface area contributed by atoms with Crippen LogP contribution in [0.2, 0.25) is 0 Å². The van der Waals surface area contributed by atoms with Crippen LogP contribution in [0.4, 0.5) is 10.1 Å². The van der Waals surface area contributed by atoms with Crippen molar-refractivity contribution < 1.29 is 9.13 Å². The molecule has 2 rings (SSSR count). The Labute approximate surface area is 81.1 Å². The van der Waals surface area contributed by atoms with Crippen LogP contribution in [0.1, 0.15) is 0 Å². The third kappa shape index (κ3) is 1.18. The number of hydrogen-bond acceptors (Lipinski definition) is 2. The van der Waals surface area contributed by atoms with E-state index in [4.69, 9.17) is 10.5 Å². The maximum Gasteiger partial charge on any atom is 0.154 e. The van der Waals surface area contributed by atoms with Crippen LogP contribution in [0, 0.1) is 5.82 Å². The van der Waals surface area contributed by atoms with Crippen molar-refractivity contribution in [2.24, 2.45) is 0 Å². The fourth-order valence-corrected chi connectivity index (χ4v) is 1.49. The number of rotatable bonds is 1. The van der Waals surface area contributed by atoms with E-state index in [0.717, 1.165) is 5.39 Å². The number of hydrogen-bond donors (Lipinski definition) is 1. The van der Waals surface area contributed by atoms with Crippen molar-refractivity contribution in [2.75, 3.05) is 12.8 Å². The van der Waals surface area contributed by atoms with E-state index < -0.39 is 0 Å². The van der Waals surface area contributed by atoms with Gasteiger partial charge in [-0.2, -0.15) is 0 Å². The molecular weight excluding hydrogens is 181 g/mol. The van der Waals surface area contributed by atoms with E-state index >= 15 is 0 Å². The van der Waals surface area contributed by atoms with Crippen LogP contribution in [0.5, 0.6) is 5.75 Å². The summed E-state index contributed by atoms with van der Waals surface area (Å²) in [5, 5.41) is 1.23. The van der Waals surface area contributed by atoms with Crippen LogP contribution in [0.25, 0.3) is 10.8 Å². The van der Waals surface area contributed by atoms with Crippen molar-refractivity contribution in [3.8, 4) is 5.75 Å². The Morgan fingerprint density at radius 3 is 2.64 bits per heavy atom. The van der Waals surface area contributed by atoms with Crippen LogP contribution >= 0.6 is 0 Å². The fourth-order valence-electron chi connectivity index (χ4n) is 1.49. The summed E-state index contributed by atoms with van der Waals surface area (Å²) < 4.78 is 18.6. The minimum absolute atomic E-state index is 0.158. The normalized spacial score (nSPS) is 10.4. The highest BCUT2D eigenvalue weighted by Crippen LogP contribution is 2.29. The Balaban J connectivity index is 2.86. The third-order valence-electron chi connectivity index (χ3n) is 2.21. The van der Waals surface area contributed by atoms with Gasteiger partial charge in [0.15, 0.2) is 5.82 Å². The number of halogens is 1. The molecule has 0 amide bonds. The van der Waals surface area contributed by atoms with Crippen LogP contribution in [-0.4, -0.2) is 7.11 Å². The summed E-state index contributed by atoms with van der Waals surface area (Å²) in [7, 11) is 1.56. The lowest BCUT2D eigenvalue weighted by molar-refractivity contribution is 0.419. The van der Waals surface area contributed by atoms with Gasteiger partial charge in [0.05, 0.1) is 12.8 Å². The molecule has 0 aliphatic heterocycles. The van der Waals surface area contributed by atoms with E-state index in [1.165, 1.54) is 0 Å². The molecule has 0 bridgehead atoms. The van der Waals surface area contributed by atoms with Gasteiger partial charge in [-0.25, -0.2) is 4.39 Å². The molecule has 0 atom stereocenters. The number of nitrogens with two attached hydrogens (primary N) is 1. The van der Waals surface area contributed by atoms with Gasteiger partial charge < -0.3 is 10.5 Å². The minimum Gasteiger partial charge on any atom is -0.496 e. The Hall–Kier alpha value is -1.77. The predicted octanol–water partition coefficient (Wildman–Crippen LogP) is 2.57. The lowest BCUT2D eigenvalue weighted by Crippen LogP contribution is -1.92. The standard InChI is InChI=1S/C11H10FNO/c1-14-10-4-2-3-8-7(10)5-6-9(13)11(8)12/h2-6H,13H2,1H3. The average Bonchev–Trinajstić information content (AvgIpc) is 2.23. The second-order valence-electron chi connectivity index (χ2n) is 3.02. The highest BCUT2D eigenvalue weighted by molar-refractivity contribution is 5.91. The lowest BCUT2D eigenvalue weighted by atomic mass is 10.1. The summed E-state index contributed by atoms with van der Waals surface area (Å²) >= 11 is 0. The smallest absolute Gasteiger partial charge is 0.154 e. The van der Waals surface area contributed by atoms with Gasteiger partial charge in [-0.3, -0.25) is 0 Å². The summed E-state index contributed by atoms with van der Waals surface area (Å²) in [5.74, 6) is 0.266. The van der Waals surface area contributed by atoms with Gasteiger partial charge in [0.2, 0.25) is 0 Å². The minimum atomic E-state index is -0.388. The van der Waals surface area contributed by atoms with E-state index in [9.17, 15) is 4.39 Å². The maximum absolute atomic E-state index is 13.5. The number of nitrogen functional groups attached to an aromatic ring is 1. The van der Waals surface area contributed by atoms with E-state index in [1.807, 2.05) is 0 Å². The van der Waals surface area contributed by atoms with Gasteiger partial charge in [-0.15, -0.1) is 0 Å². The van der Waals surface area contributed by atoms with Crippen molar-refractivity contribution in [3.05, 3.63) is 36.1 Å². The molecule has 0 fully saturated rings. The fraction of sp³-hybridized carbons (Fsp3) is 0.0909. The number of ether oxygens (including phenoxy) is 1.